The summed E-state index contributed by atoms with van der Waals surface area (Å²) in [7, 11) is 3.09. The number of carbonyl (C=O) groups excluding carboxylic acids is 2. The highest BCUT2D eigenvalue weighted by Crippen LogP contribution is 2.26. The fourth-order valence-electron chi connectivity index (χ4n) is 2.98. The molecule has 0 radical (unpaired) electrons. The minimum absolute atomic E-state index is 0.0339. The molecule has 0 saturated carbocycles. The van der Waals surface area contributed by atoms with Crippen molar-refractivity contribution in [3.8, 4) is 17.2 Å². The third-order valence-electron chi connectivity index (χ3n) is 4.56. The summed E-state index contributed by atoms with van der Waals surface area (Å²) in [6.45, 7) is 0.0816. The van der Waals surface area contributed by atoms with E-state index in [9.17, 15) is 9.59 Å². The summed E-state index contributed by atoms with van der Waals surface area (Å²) >= 11 is 0. The summed E-state index contributed by atoms with van der Waals surface area (Å²) in [6, 6.07) is 22.9. The molecule has 32 heavy (non-hydrogen) atoms. The minimum atomic E-state index is -1.11. The summed E-state index contributed by atoms with van der Waals surface area (Å²) in [6.07, 6.45) is -1.14. The van der Waals surface area contributed by atoms with Crippen molar-refractivity contribution in [2.75, 3.05) is 26.1 Å². The lowest BCUT2D eigenvalue weighted by molar-refractivity contribution is -0.155. The lowest BCUT2D eigenvalue weighted by atomic mass is 10.1. The second-order valence-corrected chi connectivity index (χ2v) is 6.75. The first-order valence-corrected chi connectivity index (χ1v) is 10.1. The van der Waals surface area contributed by atoms with E-state index in [0.29, 0.717) is 28.5 Å². The number of benzene rings is 3. The zero-order valence-electron chi connectivity index (χ0n) is 17.9. The molecule has 1 N–H and O–H groups in total. The van der Waals surface area contributed by atoms with E-state index < -0.39 is 18.0 Å². The Morgan fingerprint density at radius 1 is 0.844 bits per heavy atom. The molecule has 0 aliphatic carbocycles. The number of anilines is 1. The highest BCUT2D eigenvalue weighted by Gasteiger charge is 2.25. The maximum Gasteiger partial charge on any atom is 0.310 e. The van der Waals surface area contributed by atoms with Gasteiger partial charge in [0.05, 0.1) is 27.2 Å². The van der Waals surface area contributed by atoms with Gasteiger partial charge in [0, 0.05) is 17.3 Å². The normalized spacial score (nSPS) is 11.2. The van der Waals surface area contributed by atoms with E-state index in [1.54, 1.807) is 74.9 Å². The van der Waals surface area contributed by atoms with Crippen molar-refractivity contribution in [3.05, 3.63) is 84.4 Å². The number of ether oxygens (including phenoxy) is 4. The number of amides is 1. The van der Waals surface area contributed by atoms with Gasteiger partial charge in [-0.15, -0.1) is 0 Å². The molecular weight excluding hydrogens is 410 g/mol. The number of esters is 1. The molecule has 0 aromatic heterocycles. The number of hydrogen-bond acceptors (Lipinski definition) is 6. The Labute approximate surface area is 186 Å². The molecule has 3 aromatic rings. The zero-order valence-corrected chi connectivity index (χ0v) is 17.9. The summed E-state index contributed by atoms with van der Waals surface area (Å²) in [5.74, 6) is 0.668. The number of para-hydroxylation sites is 2. The Morgan fingerprint density at radius 3 is 2.28 bits per heavy atom. The van der Waals surface area contributed by atoms with Crippen LogP contribution in [0.25, 0.3) is 0 Å². The van der Waals surface area contributed by atoms with Gasteiger partial charge in [-0.1, -0.05) is 48.5 Å². The van der Waals surface area contributed by atoms with Gasteiger partial charge in [-0.05, 0) is 24.3 Å². The van der Waals surface area contributed by atoms with Gasteiger partial charge in [0.2, 0.25) is 6.10 Å². The van der Waals surface area contributed by atoms with Gasteiger partial charge >= 0.3 is 5.97 Å². The Bertz CT molecular complexity index is 1040. The van der Waals surface area contributed by atoms with Crippen LogP contribution in [0.15, 0.2) is 78.9 Å². The van der Waals surface area contributed by atoms with Crippen molar-refractivity contribution in [1.29, 1.82) is 0 Å². The number of nitrogens with one attached hydrogen (secondary N) is 1. The smallest absolute Gasteiger partial charge is 0.310 e. The van der Waals surface area contributed by atoms with Gasteiger partial charge < -0.3 is 24.3 Å². The van der Waals surface area contributed by atoms with Crippen LogP contribution < -0.4 is 19.5 Å². The van der Waals surface area contributed by atoms with Crippen molar-refractivity contribution in [2.45, 2.75) is 12.5 Å². The third-order valence-corrected chi connectivity index (χ3v) is 4.56. The summed E-state index contributed by atoms with van der Waals surface area (Å²) in [4.78, 5) is 25.4. The van der Waals surface area contributed by atoms with Crippen LogP contribution >= 0.6 is 0 Å². The molecule has 3 rings (SSSR count). The Kier molecular flexibility index (Phi) is 8.09. The van der Waals surface area contributed by atoms with Crippen molar-refractivity contribution in [1.82, 2.24) is 0 Å². The SMILES string of the molecule is COc1cccc(NC(=O)C(OC(=O)CCOc2ccccc2OC)c2ccccc2)c1. The largest absolute Gasteiger partial charge is 0.497 e. The van der Waals surface area contributed by atoms with Crippen LogP contribution in [0.4, 0.5) is 5.69 Å². The lowest BCUT2D eigenvalue weighted by Gasteiger charge is -2.18. The minimum Gasteiger partial charge on any atom is -0.497 e. The number of rotatable bonds is 10. The van der Waals surface area contributed by atoms with Crippen LogP contribution in [0.5, 0.6) is 17.2 Å². The van der Waals surface area contributed by atoms with Gasteiger partial charge in [0.25, 0.3) is 5.91 Å². The summed E-state index contributed by atoms with van der Waals surface area (Å²) in [5.41, 5.74) is 1.10. The average molecular weight is 435 g/mol. The second kappa shape index (κ2) is 11.4. The number of methoxy groups -OCH3 is 2. The van der Waals surface area contributed by atoms with Gasteiger partial charge in [-0.2, -0.15) is 0 Å². The highest BCUT2D eigenvalue weighted by molar-refractivity contribution is 5.96. The fourth-order valence-corrected chi connectivity index (χ4v) is 2.98. The molecule has 1 amide bonds. The average Bonchev–Trinajstić information content (AvgIpc) is 2.83. The molecule has 3 aromatic carbocycles. The van der Waals surface area contributed by atoms with Crippen LogP contribution in [0.2, 0.25) is 0 Å². The van der Waals surface area contributed by atoms with Crippen molar-refractivity contribution in [2.24, 2.45) is 0 Å². The van der Waals surface area contributed by atoms with Crippen molar-refractivity contribution < 1.29 is 28.5 Å². The number of hydrogen-bond donors (Lipinski definition) is 1. The molecule has 0 heterocycles. The second-order valence-electron chi connectivity index (χ2n) is 6.75. The molecule has 0 aliphatic heterocycles. The molecule has 0 bridgehead atoms. The molecular formula is C25H25NO6. The van der Waals surface area contributed by atoms with Gasteiger partial charge in [0.15, 0.2) is 11.5 Å². The Balaban J connectivity index is 1.65. The molecule has 0 saturated heterocycles. The van der Waals surface area contributed by atoms with E-state index in [0.717, 1.165) is 0 Å². The predicted octanol–water partition coefficient (Wildman–Crippen LogP) is 4.40. The molecule has 1 unspecified atom stereocenters. The first kappa shape index (κ1) is 22.7. The third kappa shape index (κ3) is 6.25. The molecule has 1 atom stereocenters. The monoisotopic (exact) mass is 435 g/mol. The van der Waals surface area contributed by atoms with E-state index in [4.69, 9.17) is 18.9 Å². The van der Waals surface area contributed by atoms with Crippen LogP contribution in [0, 0.1) is 0 Å². The quantitative estimate of drug-likeness (QED) is 0.476. The Hall–Kier alpha value is -4.00. The maximum atomic E-state index is 13.0. The van der Waals surface area contributed by atoms with E-state index in [2.05, 4.69) is 5.32 Å². The van der Waals surface area contributed by atoms with Crippen LogP contribution in [0.3, 0.4) is 0 Å². The first-order chi connectivity index (χ1) is 15.6. The van der Waals surface area contributed by atoms with Gasteiger partial charge in [-0.25, -0.2) is 0 Å². The van der Waals surface area contributed by atoms with Gasteiger partial charge in [0.1, 0.15) is 5.75 Å². The van der Waals surface area contributed by atoms with Crippen LogP contribution in [-0.2, 0) is 14.3 Å². The fraction of sp³-hybridized carbons (Fsp3) is 0.200. The Morgan fingerprint density at radius 2 is 1.56 bits per heavy atom. The molecule has 7 heteroatoms. The molecule has 0 spiro atoms. The highest BCUT2D eigenvalue weighted by atomic mass is 16.6. The topological polar surface area (TPSA) is 83.1 Å². The van der Waals surface area contributed by atoms with Crippen LogP contribution in [-0.4, -0.2) is 32.7 Å². The van der Waals surface area contributed by atoms with Crippen LogP contribution in [0.1, 0.15) is 18.1 Å². The molecule has 166 valence electrons. The zero-order chi connectivity index (χ0) is 22.8. The number of carbonyl (C=O) groups is 2. The van der Waals surface area contributed by atoms with E-state index in [-0.39, 0.29) is 13.0 Å². The van der Waals surface area contributed by atoms with Crippen molar-refractivity contribution >= 4 is 17.6 Å². The lowest BCUT2D eigenvalue weighted by Crippen LogP contribution is -2.26. The van der Waals surface area contributed by atoms with E-state index in [1.165, 1.54) is 0 Å². The maximum absolute atomic E-state index is 13.0. The first-order valence-electron chi connectivity index (χ1n) is 10.1. The summed E-state index contributed by atoms with van der Waals surface area (Å²) in [5, 5.41) is 2.77. The predicted molar refractivity (Wildman–Crippen MR) is 120 cm³/mol. The van der Waals surface area contributed by atoms with E-state index in [1.807, 2.05) is 18.2 Å². The van der Waals surface area contributed by atoms with Gasteiger partial charge in [-0.3, -0.25) is 9.59 Å². The summed E-state index contributed by atoms with van der Waals surface area (Å²) < 4.78 is 21.6. The molecule has 0 aliphatic rings. The molecule has 0 fully saturated rings. The molecule has 7 nitrogen and oxygen atoms in total. The standard InChI is InChI=1S/C25H25NO6/c1-29-20-12-8-11-19(17-20)26-25(28)24(18-9-4-3-5-10-18)32-23(27)15-16-31-22-14-7-6-13-21(22)30-2/h3-14,17,24H,15-16H2,1-2H3,(H,26,28). The van der Waals surface area contributed by atoms with E-state index >= 15 is 0 Å². The van der Waals surface area contributed by atoms with Crippen molar-refractivity contribution in [3.63, 3.8) is 0 Å².